The number of carbonyl (C=O) groups excluding carboxylic acids is 1. The molecule has 0 bridgehead atoms. The van der Waals surface area contributed by atoms with Gasteiger partial charge in [0.25, 0.3) is 0 Å². The van der Waals surface area contributed by atoms with Crippen LogP contribution in [-0.2, 0) is 9.53 Å². The lowest BCUT2D eigenvalue weighted by Gasteiger charge is -2.15. The van der Waals surface area contributed by atoms with E-state index < -0.39 is 0 Å². The summed E-state index contributed by atoms with van der Waals surface area (Å²) < 4.78 is 5.23. The Morgan fingerprint density at radius 3 is 3.00 bits per heavy atom. The standard InChI is InChI=1S/C12H20O2/c1-3-5-6-8-10-9-12(13)14-11(10)7-4-2/h4,10-11H,2-3,5-9H2,1H3/t10-,11+/m0/s1. The Balaban J connectivity index is 2.32. The maximum absolute atomic E-state index is 11.1. The van der Waals surface area contributed by atoms with Gasteiger partial charge in [-0.1, -0.05) is 32.3 Å². The van der Waals surface area contributed by atoms with E-state index in [0.29, 0.717) is 12.3 Å². The van der Waals surface area contributed by atoms with Gasteiger partial charge in [-0.2, -0.15) is 0 Å². The number of rotatable bonds is 6. The molecule has 0 aliphatic carbocycles. The Morgan fingerprint density at radius 1 is 1.57 bits per heavy atom. The summed E-state index contributed by atoms with van der Waals surface area (Å²) in [6, 6.07) is 0. The molecule has 0 radical (unpaired) electrons. The van der Waals surface area contributed by atoms with Crippen LogP contribution in [0.5, 0.6) is 0 Å². The van der Waals surface area contributed by atoms with Crippen LogP contribution in [0, 0.1) is 5.92 Å². The summed E-state index contributed by atoms with van der Waals surface area (Å²) >= 11 is 0. The molecule has 0 aromatic carbocycles. The molecular weight excluding hydrogens is 176 g/mol. The summed E-state index contributed by atoms with van der Waals surface area (Å²) in [6.45, 7) is 5.88. The van der Waals surface area contributed by atoms with Crippen LogP contribution < -0.4 is 0 Å². The van der Waals surface area contributed by atoms with Gasteiger partial charge in [0, 0.05) is 12.3 Å². The first-order chi connectivity index (χ1) is 6.77. The molecule has 1 aliphatic rings. The van der Waals surface area contributed by atoms with Crippen LogP contribution in [0.15, 0.2) is 12.7 Å². The zero-order valence-corrected chi connectivity index (χ0v) is 9.00. The number of esters is 1. The van der Waals surface area contributed by atoms with E-state index in [-0.39, 0.29) is 12.1 Å². The Bertz CT molecular complexity index is 198. The summed E-state index contributed by atoms with van der Waals surface area (Å²) in [6.07, 6.45) is 8.20. The number of hydrogen-bond acceptors (Lipinski definition) is 2. The highest BCUT2D eigenvalue weighted by Crippen LogP contribution is 2.29. The molecule has 1 aliphatic heterocycles. The van der Waals surface area contributed by atoms with E-state index in [4.69, 9.17) is 4.74 Å². The van der Waals surface area contributed by atoms with Gasteiger partial charge >= 0.3 is 5.97 Å². The predicted octanol–water partition coefficient (Wildman–Crippen LogP) is 3.07. The van der Waals surface area contributed by atoms with Gasteiger partial charge in [0.05, 0.1) is 6.42 Å². The number of unbranched alkanes of at least 4 members (excludes halogenated alkanes) is 2. The summed E-state index contributed by atoms with van der Waals surface area (Å²) in [5.41, 5.74) is 0. The van der Waals surface area contributed by atoms with Crippen LogP contribution in [-0.4, -0.2) is 12.1 Å². The van der Waals surface area contributed by atoms with Gasteiger partial charge in [-0.25, -0.2) is 0 Å². The van der Waals surface area contributed by atoms with E-state index in [0.717, 1.165) is 12.8 Å². The smallest absolute Gasteiger partial charge is 0.306 e. The van der Waals surface area contributed by atoms with Gasteiger partial charge in [0.2, 0.25) is 0 Å². The van der Waals surface area contributed by atoms with Crippen molar-refractivity contribution in [3.8, 4) is 0 Å². The first-order valence-electron chi connectivity index (χ1n) is 5.58. The quantitative estimate of drug-likeness (QED) is 0.371. The lowest BCUT2D eigenvalue weighted by molar-refractivity contribution is -0.141. The fraction of sp³-hybridized carbons (Fsp3) is 0.750. The third kappa shape index (κ3) is 3.17. The lowest BCUT2D eigenvalue weighted by Crippen LogP contribution is -2.14. The molecule has 1 heterocycles. The molecule has 0 aromatic rings. The number of hydrogen-bond donors (Lipinski definition) is 0. The summed E-state index contributed by atoms with van der Waals surface area (Å²) in [4.78, 5) is 11.1. The van der Waals surface area contributed by atoms with Gasteiger partial charge in [-0.15, -0.1) is 6.58 Å². The SMILES string of the molecule is C=CC[C@H]1OC(=O)C[C@@H]1CCCCC. The van der Waals surface area contributed by atoms with E-state index in [1.165, 1.54) is 19.3 Å². The molecule has 0 saturated carbocycles. The third-order valence-electron chi connectivity index (χ3n) is 2.81. The van der Waals surface area contributed by atoms with E-state index in [9.17, 15) is 4.79 Å². The van der Waals surface area contributed by atoms with Crippen molar-refractivity contribution in [1.29, 1.82) is 0 Å². The van der Waals surface area contributed by atoms with Crippen molar-refractivity contribution in [3.63, 3.8) is 0 Å². The van der Waals surface area contributed by atoms with Crippen molar-refractivity contribution in [2.24, 2.45) is 5.92 Å². The lowest BCUT2D eigenvalue weighted by atomic mass is 9.93. The van der Waals surface area contributed by atoms with Crippen molar-refractivity contribution < 1.29 is 9.53 Å². The zero-order chi connectivity index (χ0) is 10.4. The molecule has 2 heteroatoms. The number of ether oxygens (including phenoxy) is 1. The second-order valence-corrected chi connectivity index (χ2v) is 4.01. The van der Waals surface area contributed by atoms with Crippen molar-refractivity contribution >= 4 is 5.97 Å². The Labute approximate surface area is 86.3 Å². The molecule has 1 fully saturated rings. The normalized spacial score (nSPS) is 26.2. The second kappa shape index (κ2) is 5.84. The molecule has 0 aromatic heterocycles. The van der Waals surface area contributed by atoms with Gasteiger partial charge in [-0.3, -0.25) is 4.79 Å². The largest absolute Gasteiger partial charge is 0.462 e. The van der Waals surface area contributed by atoms with Crippen LogP contribution in [0.2, 0.25) is 0 Å². The molecule has 2 nitrogen and oxygen atoms in total. The van der Waals surface area contributed by atoms with Crippen molar-refractivity contribution in [2.75, 3.05) is 0 Å². The topological polar surface area (TPSA) is 26.3 Å². The minimum atomic E-state index is -0.0293. The molecule has 0 N–H and O–H groups in total. The van der Waals surface area contributed by atoms with Crippen LogP contribution in [0.1, 0.15) is 45.4 Å². The molecule has 1 saturated heterocycles. The van der Waals surface area contributed by atoms with Crippen LogP contribution in [0.4, 0.5) is 0 Å². The Hall–Kier alpha value is -0.790. The molecular formula is C12H20O2. The maximum atomic E-state index is 11.1. The first kappa shape index (κ1) is 11.3. The average molecular weight is 196 g/mol. The summed E-state index contributed by atoms with van der Waals surface area (Å²) in [5, 5.41) is 0. The Kier molecular flexibility index (Phi) is 4.71. The number of carbonyl (C=O) groups is 1. The number of cyclic esters (lactones) is 1. The molecule has 0 spiro atoms. The van der Waals surface area contributed by atoms with Crippen LogP contribution in [0.25, 0.3) is 0 Å². The molecule has 14 heavy (non-hydrogen) atoms. The maximum Gasteiger partial charge on any atom is 0.306 e. The van der Waals surface area contributed by atoms with E-state index in [1.54, 1.807) is 0 Å². The van der Waals surface area contributed by atoms with Crippen LogP contribution >= 0.6 is 0 Å². The zero-order valence-electron chi connectivity index (χ0n) is 9.00. The first-order valence-corrected chi connectivity index (χ1v) is 5.58. The fourth-order valence-electron chi connectivity index (χ4n) is 2.01. The van der Waals surface area contributed by atoms with Crippen molar-refractivity contribution in [3.05, 3.63) is 12.7 Å². The van der Waals surface area contributed by atoms with Crippen LogP contribution in [0.3, 0.4) is 0 Å². The molecule has 1 rings (SSSR count). The van der Waals surface area contributed by atoms with Crippen molar-refractivity contribution in [1.82, 2.24) is 0 Å². The monoisotopic (exact) mass is 196 g/mol. The second-order valence-electron chi connectivity index (χ2n) is 4.01. The Morgan fingerprint density at radius 2 is 2.36 bits per heavy atom. The van der Waals surface area contributed by atoms with Gasteiger partial charge in [0.1, 0.15) is 6.10 Å². The average Bonchev–Trinajstić information content (AvgIpc) is 2.48. The molecule has 0 amide bonds. The predicted molar refractivity (Wildman–Crippen MR) is 56.9 cm³/mol. The molecule has 2 atom stereocenters. The molecule has 80 valence electrons. The van der Waals surface area contributed by atoms with Gasteiger partial charge < -0.3 is 4.74 Å². The van der Waals surface area contributed by atoms with Gasteiger partial charge in [-0.05, 0) is 6.42 Å². The summed E-state index contributed by atoms with van der Waals surface area (Å²) in [5.74, 6) is 0.408. The van der Waals surface area contributed by atoms with Crippen molar-refractivity contribution in [2.45, 2.75) is 51.6 Å². The van der Waals surface area contributed by atoms with E-state index in [2.05, 4.69) is 13.5 Å². The minimum Gasteiger partial charge on any atom is -0.462 e. The minimum absolute atomic E-state index is 0.0293. The highest BCUT2D eigenvalue weighted by Gasteiger charge is 2.32. The fourth-order valence-corrected chi connectivity index (χ4v) is 2.01. The van der Waals surface area contributed by atoms with E-state index >= 15 is 0 Å². The van der Waals surface area contributed by atoms with Gasteiger partial charge in [0.15, 0.2) is 0 Å². The highest BCUT2D eigenvalue weighted by atomic mass is 16.5. The highest BCUT2D eigenvalue weighted by molar-refractivity contribution is 5.72. The van der Waals surface area contributed by atoms with E-state index in [1.807, 2.05) is 6.08 Å². The third-order valence-corrected chi connectivity index (χ3v) is 2.81. The molecule has 0 unspecified atom stereocenters. The summed E-state index contributed by atoms with van der Waals surface area (Å²) in [7, 11) is 0.